The van der Waals surface area contributed by atoms with Gasteiger partial charge in [-0.15, -0.1) is 0 Å². The van der Waals surface area contributed by atoms with E-state index in [4.69, 9.17) is 0 Å². The van der Waals surface area contributed by atoms with Gasteiger partial charge in [0.05, 0.1) is 7.11 Å². The number of allylic oxidation sites excluding steroid dienone is 2. The van der Waals surface area contributed by atoms with Crippen LogP contribution in [-0.2, 0) is 14.3 Å². The second kappa shape index (κ2) is 5.41. The maximum atomic E-state index is 10.7. The second-order valence-electron chi connectivity index (χ2n) is 1.86. The molecule has 0 saturated heterocycles. The first-order valence-corrected chi connectivity index (χ1v) is 3.08. The van der Waals surface area contributed by atoms with Gasteiger partial charge in [0.2, 0.25) is 0 Å². The van der Waals surface area contributed by atoms with Crippen molar-refractivity contribution in [2.45, 2.75) is 6.42 Å². The molecule has 0 aliphatic carbocycles. The molecule has 0 aliphatic rings. The Hall–Kier alpha value is -1.38. The van der Waals surface area contributed by atoms with E-state index in [1.807, 2.05) is 0 Å². The third kappa shape index (κ3) is 4.08. The number of methoxy groups -OCH3 is 1. The molecule has 0 saturated carbocycles. The molecule has 11 heavy (non-hydrogen) atoms. The molecule has 3 heteroatoms. The summed E-state index contributed by atoms with van der Waals surface area (Å²) in [5.41, 5.74) is 0.339. The van der Waals surface area contributed by atoms with Gasteiger partial charge >= 0.3 is 5.97 Å². The smallest absolute Gasteiger partial charge is 0.333 e. The molecule has 0 rings (SSSR count). The Bertz CT molecular complexity index is 192. The largest absolute Gasteiger partial charge is 0.466 e. The maximum absolute atomic E-state index is 10.7. The summed E-state index contributed by atoms with van der Waals surface area (Å²) in [4.78, 5) is 20.5. The molecule has 0 bridgehead atoms. The first-order valence-electron chi connectivity index (χ1n) is 3.08. The zero-order chi connectivity index (χ0) is 8.69. The average Bonchev–Trinajstić information content (AvgIpc) is 2.03. The minimum Gasteiger partial charge on any atom is -0.466 e. The van der Waals surface area contributed by atoms with E-state index >= 15 is 0 Å². The number of ether oxygens (including phenoxy) is 1. The molecule has 0 radical (unpaired) electrons. The molecule has 0 aromatic carbocycles. The van der Waals surface area contributed by atoms with Gasteiger partial charge in [-0.1, -0.05) is 12.7 Å². The molecule has 0 heterocycles. The van der Waals surface area contributed by atoms with Crippen molar-refractivity contribution in [2.75, 3.05) is 7.11 Å². The number of rotatable bonds is 4. The normalized spacial score (nSPS) is 9.55. The van der Waals surface area contributed by atoms with Gasteiger partial charge in [0.15, 0.2) is 0 Å². The molecular weight excluding hydrogens is 144 g/mol. The monoisotopic (exact) mass is 154 g/mol. The third-order valence-corrected chi connectivity index (χ3v) is 1.05. The summed E-state index contributed by atoms with van der Waals surface area (Å²) in [5, 5.41) is 0. The molecule has 0 atom stereocenters. The highest BCUT2D eigenvalue weighted by Gasteiger charge is 2.02. The van der Waals surface area contributed by atoms with Crippen molar-refractivity contribution in [3.8, 4) is 0 Å². The van der Waals surface area contributed by atoms with Gasteiger partial charge < -0.3 is 4.74 Å². The van der Waals surface area contributed by atoms with Crippen molar-refractivity contribution < 1.29 is 14.3 Å². The minimum atomic E-state index is -0.444. The Morgan fingerprint density at radius 2 is 2.27 bits per heavy atom. The fourth-order valence-corrected chi connectivity index (χ4v) is 0.494. The Labute approximate surface area is 65.4 Å². The quantitative estimate of drug-likeness (QED) is 0.342. The standard InChI is InChI=1S/C8H10O3/c1-7(8(10)11-2)5-3-4-6-9/h3-4,6H,1,5H2,2H3. The lowest BCUT2D eigenvalue weighted by atomic mass is 10.2. The van der Waals surface area contributed by atoms with Crippen LogP contribution >= 0.6 is 0 Å². The van der Waals surface area contributed by atoms with Gasteiger partial charge in [-0.3, -0.25) is 4.79 Å². The van der Waals surface area contributed by atoms with Crippen molar-refractivity contribution in [3.63, 3.8) is 0 Å². The number of hydrogen-bond donors (Lipinski definition) is 0. The van der Waals surface area contributed by atoms with Gasteiger partial charge in [0.1, 0.15) is 6.29 Å². The van der Waals surface area contributed by atoms with Gasteiger partial charge in [0, 0.05) is 5.57 Å². The second-order valence-corrected chi connectivity index (χ2v) is 1.86. The van der Waals surface area contributed by atoms with E-state index in [0.717, 1.165) is 0 Å². The molecule has 0 aliphatic heterocycles. The van der Waals surface area contributed by atoms with Crippen LogP contribution < -0.4 is 0 Å². The van der Waals surface area contributed by atoms with E-state index in [2.05, 4.69) is 11.3 Å². The molecule has 0 aromatic rings. The summed E-state index contributed by atoms with van der Waals surface area (Å²) >= 11 is 0. The Balaban J connectivity index is 3.78. The average molecular weight is 154 g/mol. The molecule has 3 nitrogen and oxygen atoms in total. The van der Waals surface area contributed by atoms with Crippen molar-refractivity contribution in [1.29, 1.82) is 0 Å². The minimum absolute atomic E-state index is 0.339. The van der Waals surface area contributed by atoms with E-state index < -0.39 is 5.97 Å². The van der Waals surface area contributed by atoms with E-state index in [9.17, 15) is 9.59 Å². The van der Waals surface area contributed by atoms with E-state index in [0.29, 0.717) is 18.3 Å². The molecule has 60 valence electrons. The lowest BCUT2D eigenvalue weighted by molar-refractivity contribution is -0.136. The highest BCUT2D eigenvalue weighted by atomic mass is 16.5. The van der Waals surface area contributed by atoms with Crippen LogP contribution in [0.1, 0.15) is 6.42 Å². The zero-order valence-corrected chi connectivity index (χ0v) is 6.37. The molecule has 0 N–H and O–H groups in total. The molecule has 0 fully saturated rings. The topological polar surface area (TPSA) is 43.4 Å². The summed E-state index contributed by atoms with van der Waals surface area (Å²) in [6, 6.07) is 0. The predicted molar refractivity (Wildman–Crippen MR) is 41.0 cm³/mol. The molecule has 0 spiro atoms. The number of carbonyl (C=O) groups is 2. The van der Waals surface area contributed by atoms with Crippen LogP contribution in [0.3, 0.4) is 0 Å². The van der Waals surface area contributed by atoms with E-state index in [-0.39, 0.29) is 0 Å². The highest BCUT2D eigenvalue weighted by Crippen LogP contribution is 2.00. The van der Waals surface area contributed by atoms with E-state index in [1.54, 1.807) is 6.08 Å². The Morgan fingerprint density at radius 1 is 1.64 bits per heavy atom. The van der Waals surface area contributed by atoms with Gasteiger partial charge in [-0.2, -0.15) is 0 Å². The number of hydrogen-bond acceptors (Lipinski definition) is 3. The molecular formula is C8H10O3. The van der Waals surface area contributed by atoms with Crippen molar-refractivity contribution >= 4 is 12.3 Å². The first-order chi connectivity index (χ1) is 5.22. The van der Waals surface area contributed by atoms with Crippen LogP contribution in [0.15, 0.2) is 24.3 Å². The summed E-state index contributed by atoms with van der Waals surface area (Å²) in [5.74, 6) is -0.444. The maximum Gasteiger partial charge on any atom is 0.333 e. The third-order valence-electron chi connectivity index (χ3n) is 1.05. The molecule has 0 amide bonds. The van der Waals surface area contributed by atoms with Crippen LogP contribution in [0, 0.1) is 0 Å². The Morgan fingerprint density at radius 3 is 2.73 bits per heavy atom. The summed E-state index contributed by atoms with van der Waals surface area (Å²) in [7, 11) is 1.29. The van der Waals surface area contributed by atoms with E-state index in [1.165, 1.54) is 13.2 Å². The molecule has 0 aromatic heterocycles. The number of esters is 1. The summed E-state index contributed by atoms with van der Waals surface area (Å²) < 4.78 is 4.38. The first kappa shape index (κ1) is 9.62. The van der Waals surface area contributed by atoms with Crippen LogP contribution in [0.25, 0.3) is 0 Å². The fraction of sp³-hybridized carbons (Fsp3) is 0.250. The molecule has 0 unspecified atom stereocenters. The van der Waals surface area contributed by atoms with Crippen molar-refractivity contribution in [1.82, 2.24) is 0 Å². The summed E-state index contributed by atoms with van der Waals surface area (Å²) in [6.07, 6.45) is 3.86. The SMILES string of the molecule is C=C(CC=CC=O)C(=O)OC. The predicted octanol–water partition coefficient (Wildman–Crippen LogP) is 0.861. The highest BCUT2D eigenvalue weighted by molar-refractivity contribution is 5.87. The summed E-state index contributed by atoms with van der Waals surface area (Å²) in [6.45, 7) is 3.46. The zero-order valence-electron chi connectivity index (χ0n) is 6.37. The van der Waals surface area contributed by atoms with Crippen LogP contribution in [-0.4, -0.2) is 19.4 Å². The lowest BCUT2D eigenvalue weighted by Gasteiger charge is -1.97. The van der Waals surface area contributed by atoms with Gasteiger partial charge in [-0.05, 0) is 12.5 Å². The van der Waals surface area contributed by atoms with Crippen molar-refractivity contribution in [3.05, 3.63) is 24.3 Å². The van der Waals surface area contributed by atoms with Gasteiger partial charge in [0.25, 0.3) is 0 Å². The Kier molecular flexibility index (Phi) is 4.73. The fourth-order valence-electron chi connectivity index (χ4n) is 0.494. The lowest BCUT2D eigenvalue weighted by Crippen LogP contribution is -2.02. The van der Waals surface area contributed by atoms with Crippen LogP contribution in [0.2, 0.25) is 0 Å². The van der Waals surface area contributed by atoms with Crippen LogP contribution in [0.5, 0.6) is 0 Å². The van der Waals surface area contributed by atoms with Crippen LogP contribution in [0.4, 0.5) is 0 Å². The number of carbonyl (C=O) groups excluding carboxylic acids is 2. The van der Waals surface area contributed by atoms with Crippen molar-refractivity contribution in [2.24, 2.45) is 0 Å². The number of aldehydes is 1. The van der Waals surface area contributed by atoms with Gasteiger partial charge in [-0.25, -0.2) is 4.79 Å².